The normalized spacial score (nSPS) is 13.9. The zero-order valence-electron chi connectivity index (χ0n) is 11.1. The molecule has 4 N–H and O–H groups in total. The van der Waals surface area contributed by atoms with Crippen molar-refractivity contribution in [3.63, 3.8) is 0 Å². The predicted molar refractivity (Wildman–Crippen MR) is 76.0 cm³/mol. The van der Waals surface area contributed by atoms with Crippen LogP contribution in [0.1, 0.15) is 11.1 Å². The lowest BCUT2D eigenvalue weighted by Crippen LogP contribution is -2.41. The summed E-state index contributed by atoms with van der Waals surface area (Å²) >= 11 is 0. The van der Waals surface area contributed by atoms with Crippen LogP contribution in [-0.4, -0.2) is 23.4 Å². The highest BCUT2D eigenvalue weighted by Crippen LogP contribution is 2.30. The Labute approximate surface area is 117 Å². The fourth-order valence-electron chi connectivity index (χ4n) is 2.43. The van der Waals surface area contributed by atoms with Gasteiger partial charge in [0.05, 0.1) is 6.61 Å². The average Bonchev–Trinajstić information content (AvgIpc) is 2.46. The van der Waals surface area contributed by atoms with Crippen LogP contribution in [0.15, 0.2) is 48.5 Å². The molecule has 0 amide bonds. The van der Waals surface area contributed by atoms with E-state index in [2.05, 4.69) is 0 Å². The molecule has 20 heavy (non-hydrogen) atoms. The number of phenols is 1. The number of aromatic hydroxyl groups is 1. The van der Waals surface area contributed by atoms with Crippen molar-refractivity contribution in [3.8, 4) is 5.75 Å². The lowest BCUT2D eigenvalue weighted by atomic mass is 9.76. The maximum absolute atomic E-state index is 14.0. The zero-order chi connectivity index (χ0) is 14.6. The number of phenolic OH excluding ortho intramolecular Hbond substituents is 1. The highest BCUT2D eigenvalue weighted by molar-refractivity contribution is 5.34. The maximum Gasteiger partial charge on any atom is 0.127 e. The van der Waals surface area contributed by atoms with Crippen LogP contribution in [0.4, 0.5) is 4.39 Å². The van der Waals surface area contributed by atoms with Crippen LogP contribution in [0.5, 0.6) is 5.75 Å². The van der Waals surface area contributed by atoms with Crippen LogP contribution in [0.25, 0.3) is 0 Å². The number of aliphatic hydroxyl groups is 1. The Bertz CT molecular complexity index is 582. The lowest BCUT2D eigenvalue weighted by Gasteiger charge is -2.31. The molecule has 2 aromatic rings. The largest absolute Gasteiger partial charge is 0.508 e. The first-order valence-corrected chi connectivity index (χ1v) is 6.45. The minimum absolute atomic E-state index is 0.111. The Kier molecular flexibility index (Phi) is 4.37. The van der Waals surface area contributed by atoms with Crippen LogP contribution in [0.2, 0.25) is 0 Å². The van der Waals surface area contributed by atoms with Gasteiger partial charge in [-0.25, -0.2) is 4.39 Å². The molecule has 2 aromatic carbocycles. The number of benzene rings is 2. The standard InChI is InChI=1S/C16H18FNO2/c17-15-7-2-1-6-14(15)16(10-18,11-19)9-12-4-3-5-13(20)8-12/h1-8,19-20H,9-11,18H2. The van der Waals surface area contributed by atoms with Gasteiger partial charge in [-0.05, 0) is 35.7 Å². The average molecular weight is 275 g/mol. The molecule has 2 rings (SSSR count). The van der Waals surface area contributed by atoms with E-state index >= 15 is 0 Å². The molecule has 0 aliphatic heterocycles. The van der Waals surface area contributed by atoms with Crippen molar-refractivity contribution in [1.82, 2.24) is 0 Å². The van der Waals surface area contributed by atoms with Gasteiger partial charge in [0.15, 0.2) is 0 Å². The summed E-state index contributed by atoms with van der Waals surface area (Å²) < 4.78 is 14.0. The summed E-state index contributed by atoms with van der Waals surface area (Å²) in [6.07, 6.45) is 0.356. The van der Waals surface area contributed by atoms with E-state index in [1.165, 1.54) is 6.07 Å². The minimum Gasteiger partial charge on any atom is -0.508 e. The Balaban J connectivity index is 2.42. The third kappa shape index (κ3) is 2.81. The van der Waals surface area contributed by atoms with E-state index in [0.29, 0.717) is 12.0 Å². The van der Waals surface area contributed by atoms with Crippen molar-refractivity contribution in [2.24, 2.45) is 5.73 Å². The Morgan fingerprint density at radius 3 is 2.45 bits per heavy atom. The zero-order valence-corrected chi connectivity index (χ0v) is 11.1. The first-order valence-electron chi connectivity index (χ1n) is 6.45. The number of hydrogen-bond donors (Lipinski definition) is 3. The summed E-state index contributed by atoms with van der Waals surface area (Å²) in [4.78, 5) is 0. The monoisotopic (exact) mass is 275 g/mol. The number of halogens is 1. The van der Waals surface area contributed by atoms with Crippen molar-refractivity contribution >= 4 is 0 Å². The third-order valence-corrected chi connectivity index (χ3v) is 3.59. The Morgan fingerprint density at radius 1 is 1.10 bits per heavy atom. The van der Waals surface area contributed by atoms with Crippen molar-refractivity contribution in [2.75, 3.05) is 13.2 Å². The fraction of sp³-hybridized carbons (Fsp3) is 0.250. The number of rotatable bonds is 5. The van der Waals surface area contributed by atoms with Gasteiger partial charge in [-0.15, -0.1) is 0 Å². The van der Waals surface area contributed by atoms with Gasteiger partial charge < -0.3 is 15.9 Å². The quantitative estimate of drug-likeness (QED) is 0.781. The van der Waals surface area contributed by atoms with Gasteiger partial charge in [0.25, 0.3) is 0 Å². The Morgan fingerprint density at radius 2 is 1.85 bits per heavy atom. The summed E-state index contributed by atoms with van der Waals surface area (Å²) in [5.41, 5.74) is 6.12. The molecule has 0 aromatic heterocycles. The van der Waals surface area contributed by atoms with E-state index in [1.807, 2.05) is 6.07 Å². The molecule has 0 aliphatic carbocycles. The predicted octanol–water partition coefficient (Wildman–Crippen LogP) is 1.96. The molecule has 0 saturated carbocycles. The Hall–Kier alpha value is -1.91. The smallest absolute Gasteiger partial charge is 0.127 e. The topological polar surface area (TPSA) is 66.5 Å². The van der Waals surface area contributed by atoms with Crippen molar-refractivity contribution in [2.45, 2.75) is 11.8 Å². The van der Waals surface area contributed by atoms with E-state index in [1.54, 1.807) is 36.4 Å². The number of nitrogens with two attached hydrogens (primary N) is 1. The van der Waals surface area contributed by atoms with E-state index in [-0.39, 0.29) is 24.7 Å². The van der Waals surface area contributed by atoms with Gasteiger partial charge in [-0.3, -0.25) is 0 Å². The summed E-state index contributed by atoms with van der Waals surface area (Å²) in [7, 11) is 0. The van der Waals surface area contributed by atoms with E-state index < -0.39 is 5.41 Å². The van der Waals surface area contributed by atoms with Crippen LogP contribution < -0.4 is 5.73 Å². The first-order chi connectivity index (χ1) is 9.61. The second-order valence-electron chi connectivity index (χ2n) is 4.97. The molecule has 0 spiro atoms. The van der Waals surface area contributed by atoms with Gasteiger partial charge in [-0.2, -0.15) is 0 Å². The molecule has 0 heterocycles. The van der Waals surface area contributed by atoms with Gasteiger partial charge in [-0.1, -0.05) is 30.3 Å². The number of aliphatic hydroxyl groups excluding tert-OH is 1. The molecule has 0 radical (unpaired) electrons. The second kappa shape index (κ2) is 6.03. The SMILES string of the molecule is NCC(CO)(Cc1cccc(O)c1)c1ccccc1F. The van der Waals surface area contributed by atoms with Gasteiger partial charge in [0.2, 0.25) is 0 Å². The molecular formula is C16H18FNO2. The van der Waals surface area contributed by atoms with Crippen molar-refractivity contribution < 1.29 is 14.6 Å². The molecule has 4 heteroatoms. The van der Waals surface area contributed by atoms with Crippen LogP contribution in [0, 0.1) is 5.82 Å². The van der Waals surface area contributed by atoms with Crippen LogP contribution in [-0.2, 0) is 11.8 Å². The minimum atomic E-state index is -0.890. The van der Waals surface area contributed by atoms with Gasteiger partial charge >= 0.3 is 0 Å². The molecule has 0 fully saturated rings. The molecule has 3 nitrogen and oxygen atoms in total. The van der Waals surface area contributed by atoms with Crippen molar-refractivity contribution in [1.29, 1.82) is 0 Å². The molecule has 0 bridgehead atoms. The summed E-state index contributed by atoms with van der Waals surface area (Å²) in [5, 5.41) is 19.3. The van der Waals surface area contributed by atoms with Crippen LogP contribution in [0.3, 0.4) is 0 Å². The van der Waals surface area contributed by atoms with Gasteiger partial charge in [0.1, 0.15) is 11.6 Å². The van der Waals surface area contributed by atoms with Crippen LogP contribution >= 0.6 is 0 Å². The molecule has 106 valence electrons. The molecular weight excluding hydrogens is 257 g/mol. The van der Waals surface area contributed by atoms with E-state index in [9.17, 15) is 14.6 Å². The van der Waals surface area contributed by atoms with E-state index in [4.69, 9.17) is 5.73 Å². The lowest BCUT2D eigenvalue weighted by molar-refractivity contribution is 0.192. The molecule has 0 saturated heterocycles. The fourth-order valence-corrected chi connectivity index (χ4v) is 2.43. The molecule has 1 unspecified atom stereocenters. The highest BCUT2D eigenvalue weighted by atomic mass is 19.1. The second-order valence-corrected chi connectivity index (χ2v) is 4.97. The highest BCUT2D eigenvalue weighted by Gasteiger charge is 2.33. The molecule has 1 atom stereocenters. The van der Waals surface area contributed by atoms with Crippen molar-refractivity contribution in [3.05, 3.63) is 65.5 Å². The summed E-state index contributed by atoms with van der Waals surface area (Å²) in [5.74, 6) is -0.243. The first kappa shape index (κ1) is 14.5. The third-order valence-electron chi connectivity index (χ3n) is 3.59. The number of hydrogen-bond acceptors (Lipinski definition) is 3. The summed E-state index contributed by atoms with van der Waals surface area (Å²) in [6.45, 7) is -0.153. The van der Waals surface area contributed by atoms with Gasteiger partial charge in [0, 0.05) is 12.0 Å². The molecule has 0 aliphatic rings. The van der Waals surface area contributed by atoms with E-state index in [0.717, 1.165) is 5.56 Å². The summed E-state index contributed by atoms with van der Waals surface area (Å²) in [6, 6.07) is 13.0. The maximum atomic E-state index is 14.0.